The van der Waals surface area contributed by atoms with Gasteiger partial charge in [-0.15, -0.1) is 0 Å². The van der Waals surface area contributed by atoms with E-state index in [0.717, 1.165) is 16.5 Å². The topological polar surface area (TPSA) is 70.9 Å². The van der Waals surface area contributed by atoms with Gasteiger partial charge in [0.05, 0.1) is 10.5 Å². The number of para-hydroxylation sites is 1. The van der Waals surface area contributed by atoms with E-state index in [9.17, 15) is 4.79 Å². The number of H-pyrrole nitrogens is 1. The standard InChI is InChI=1S/C10H10ClN3O/c1-5-6-3-2-4-7(11)9(6)13-8(5)10(15)14-12/h2-4,13H,12H2,1H3,(H,14,15). The van der Waals surface area contributed by atoms with Gasteiger partial charge in [-0.3, -0.25) is 10.2 Å². The van der Waals surface area contributed by atoms with Crippen LogP contribution in [0.25, 0.3) is 10.9 Å². The second-order valence-corrected chi connectivity index (χ2v) is 3.67. The van der Waals surface area contributed by atoms with Gasteiger partial charge in [0.2, 0.25) is 0 Å². The first kappa shape index (κ1) is 10.0. The molecule has 4 nitrogen and oxygen atoms in total. The second kappa shape index (κ2) is 3.56. The number of fused-ring (bicyclic) bond motifs is 1. The molecule has 0 bridgehead atoms. The molecule has 15 heavy (non-hydrogen) atoms. The lowest BCUT2D eigenvalue weighted by Gasteiger charge is -1.96. The molecule has 0 aliphatic rings. The molecule has 0 spiro atoms. The van der Waals surface area contributed by atoms with Gasteiger partial charge >= 0.3 is 0 Å². The maximum atomic E-state index is 11.4. The smallest absolute Gasteiger partial charge is 0.281 e. The summed E-state index contributed by atoms with van der Waals surface area (Å²) in [6.45, 7) is 1.85. The summed E-state index contributed by atoms with van der Waals surface area (Å²) < 4.78 is 0. The monoisotopic (exact) mass is 223 g/mol. The molecule has 0 aliphatic heterocycles. The number of aromatic nitrogens is 1. The molecular weight excluding hydrogens is 214 g/mol. The molecule has 0 saturated carbocycles. The molecule has 1 heterocycles. The number of carbonyl (C=O) groups is 1. The molecule has 78 valence electrons. The van der Waals surface area contributed by atoms with Crippen molar-refractivity contribution in [2.24, 2.45) is 5.84 Å². The Bertz CT molecular complexity index is 533. The zero-order valence-electron chi connectivity index (χ0n) is 8.10. The Morgan fingerprint density at radius 2 is 2.27 bits per heavy atom. The van der Waals surface area contributed by atoms with Crippen molar-refractivity contribution >= 4 is 28.4 Å². The number of amides is 1. The fourth-order valence-electron chi connectivity index (χ4n) is 1.62. The highest BCUT2D eigenvalue weighted by Crippen LogP contribution is 2.27. The number of rotatable bonds is 1. The van der Waals surface area contributed by atoms with E-state index in [0.29, 0.717) is 10.7 Å². The molecule has 4 N–H and O–H groups in total. The maximum Gasteiger partial charge on any atom is 0.281 e. The van der Waals surface area contributed by atoms with Crippen LogP contribution in [0.2, 0.25) is 5.02 Å². The molecule has 0 saturated heterocycles. The lowest BCUT2D eigenvalue weighted by Crippen LogP contribution is -2.30. The van der Waals surface area contributed by atoms with Crippen molar-refractivity contribution in [3.63, 3.8) is 0 Å². The Kier molecular flexibility index (Phi) is 2.38. The summed E-state index contributed by atoms with van der Waals surface area (Å²) in [5.74, 6) is 4.73. The summed E-state index contributed by atoms with van der Waals surface area (Å²) >= 11 is 6.00. The minimum Gasteiger partial charge on any atom is -0.349 e. The molecule has 5 heteroatoms. The van der Waals surface area contributed by atoms with Gasteiger partial charge in [0, 0.05) is 5.39 Å². The number of nitrogen functional groups attached to an aromatic ring is 1. The summed E-state index contributed by atoms with van der Waals surface area (Å²) in [5.41, 5.74) is 4.14. The average molecular weight is 224 g/mol. The predicted octanol–water partition coefficient (Wildman–Crippen LogP) is 1.73. The molecule has 2 rings (SSSR count). The Morgan fingerprint density at radius 3 is 2.87 bits per heavy atom. The van der Waals surface area contributed by atoms with Crippen molar-refractivity contribution in [2.45, 2.75) is 6.92 Å². The number of nitrogens with two attached hydrogens (primary N) is 1. The van der Waals surface area contributed by atoms with Crippen LogP contribution in [0.3, 0.4) is 0 Å². The predicted molar refractivity (Wildman–Crippen MR) is 59.7 cm³/mol. The number of nitrogens with one attached hydrogen (secondary N) is 2. The van der Waals surface area contributed by atoms with E-state index in [4.69, 9.17) is 17.4 Å². The van der Waals surface area contributed by atoms with Crippen molar-refractivity contribution in [3.8, 4) is 0 Å². The van der Waals surface area contributed by atoms with Gasteiger partial charge in [0.15, 0.2) is 0 Å². The van der Waals surface area contributed by atoms with Gasteiger partial charge in [0.25, 0.3) is 5.91 Å². The summed E-state index contributed by atoms with van der Waals surface area (Å²) in [7, 11) is 0. The zero-order chi connectivity index (χ0) is 11.0. The number of benzene rings is 1. The van der Waals surface area contributed by atoms with Crippen LogP contribution < -0.4 is 11.3 Å². The number of carbonyl (C=O) groups excluding carboxylic acids is 1. The molecule has 0 fully saturated rings. The largest absolute Gasteiger partial charge is 0.349 e. The quantitative estimate of drug-likeness (QED) is 0.392. The number of hydrogen-bond donors (Lipinski definition) is 3. The van der Waals surface area contributed by atoms with Crippen molar-refractivity contribution in [1.82, 2.24) is 10.4 Å². The minimum absolute atomic E-state index is 0.347. The van der Waals surface area contributed by atoms with E-state index < -0.39 is 0 Å². The molecule has 0 unspecified atom stereocenters. The van der Waals surface area contributed by atoms with Crippen LogP contribution in [-0.4, -0.2) is 10.9 Å². The summed E-state index contributed by atoms with van der Waals surface area (Å²) in [6, 6.07) is 5.51. The molecule has 1 amide bonds. The highest BCUT2D eigenvalue weighted by Gasteiger charge is 2.14. The highest BCUT2D eigenvalue weighted by atomic mass is 35.5. The van der Waals surface area contributed by atoms with Gasteiger partial charge in [-0.05, 0) is 18.6 Å². The van der Waals surface area contributed by atoms with Crippen molar-refractivity contribution in [2.75, 3.05) is 0 Å². The number of halogens is 1. The van der Waals surface area contributed by atoms with E-state index in [1.807, 2.05) is 19.1 Å². The van der Waals surface area contributed by atoms with Crippen molar-refractivity contribution in [3.05, 3.63) is 34.5 Å². The Morgan fingerprint density at radius 1 is 1.53 bits per heavy atom. The van der Waals surface area contributed by atoms with E-state index in [1.165, 1.54) is 0 Å². The molecule has 0 radical (unpaired) electrons. The fraction of sp³-hybridized carbons (Fsp3) is 0.100. The first-order chi connectivity index (χ1) is 7.15. The van der Waals surface area contributed by atoms with Gasteiger partial charge < -0.3 is 4.98 Å². The Balaban J connectivity index is 2.75. The van der Waals surface area contributed by atoms with Gasteiger partial charge in [0.1, 0.15) is 5.69 Å². The van der Waals surface area contributed by atoms with Crippen LogP contribution in [0.4, 0.5) is 0 Å². The number of hydrazine groups is 1. The van der Waals surface area contributed by atoms with Crippen LogP contribution in [-0.2, 0) is 0 Å². The van der Waals surface area contributed by atoms with E-state index in [2.05, 4.69) is 10.4 Å². The zero-order valence-corrected chi connectivity index (χ0v) is 8.85. The van der Waals surface area contributed by atoms with Crippen molar-refractivity contribution < 1.29 is 4.79 Å². The first-order valence-corrected chi connectivity index (χ1v) is 4.80. The molecule has 1 aromatic heterocycles. The summed E-state index contributed by atoms with van der Waals surface area (Å²) in [5, 5.41) is 1.52. The van der Waals surface area contributed by atoms with Crippen LogP contribution in [0.15, 0.2) is 18.2 Å². The van der Waals surface area contributed by atoms with Crippen LogP contribution in [0.5, 0.6) is 0 Å². The normalized spacial score (nSPS) is 10.6. The Hall–Kier alpha value is -1.52. The van der Waals surface area contributed by atoms with Crippen LogP contribution in [0, 0.1) is 6.92 Å². The van der Waals surface area contributed by atoms with E-state index in [-0.39, 0.29) is 5.91 Å². The first-order valence-electron chi connectivity index (χ1n) is 4.43. The number of aromatic amines is 1. The van der Waals surface area contributed by atoms with Crippen molar-refractivity contribution in [1.29, 1.82) is 0 Å². The highest BCUT2D eigenvalue weighted by molar-refractivity contribution is 6.35. The van der Waals surface area contributed by atoms with E-state index in [1.54, 1.807) is 6.07 Å². The third-order valence-corrected chi connectivity index (χ3v) is 2.72. The third kappa shape index (κ3) is 1.48. The second-order valence-electron chi connectivity index (χ2n) is 3.26. The molecular formula is C10H10ClN3O. The third-order valence-electron chi connectivity index (χ3n) is 2.40. The molecule has 0 atom stereocenters. The fourth-order valence-corrected chi connectivity index (χ4v) is 1.84. The SMILES string of the molecule is Cc1c(C(=O)NN)[nH]c2c(Cl)cccc12. The minimum atomic E-state index is -0.347. The molecule has 1 aromatic carbocycles. The number of aryl methyl sites for hydroxylation is 1. The summed E-state index contributed by atoms with van der Waals surface area (Å²) in [4.78, 5) is 14.4. The molecule has 2 aromatic rings. The average Bonchev–Trinajstić information content (AvgIpc) is 2.57. The van der Waals surface area contributed by atoms with Crippen LogP contribution in [0.1, 0.15) is 16.1 Å². The van der Waals surface area contributed by atoms with Crippen LogP contribution >= 0.6 is 11.6 Å². The molecule has 0 aliphatic carbocycles. The maximum absolute atomic E-state index is 11.4. The lowest BCUT2D eigenvalue weighted by molar-refractivity contribution is 0.0949. The lowest BCUT2D eigenvalue weighted by atomic mass is 10.1. The van der Waals surface area contributed by atoms with Gasteiger partial charge in [-0.25, -0.2) is 5.84 Å². The van der Waals surface area contributed by atoms with Gasteiger partial charge in [-0.1, -0.05) is 23.7 Å². The number of hydrogen-bond acceptors (Lipinski definition) is 2. The van der Waals surface area contributed by atoms with E-state index >= 15 is 0 Å². The van der Waals surface area contributed by atoms with Gasteiger partial charge in [-0.2, -0.15) is 0 Å². The Labute approximate surface area is 91.4 Å². The summed E-state index contributed by atoms with van der Waals surface area (Å²) in [6.07, 6.45) is 0.